The monoisotopic (exact) mass is 438 g/mol. The lowest BCUT2D eigenvalue weighted by Gasteiger charge is -2.24. The normalized spacial score (nSPS) is 15.2. The number of ether oxygens (including phenoxy) is 1. The first kappa shape index (κ1) is 23.9. The van der Waals surface area contributed by atoms with Crippen LogP contribution >= 0.6 is 0 Å². The molecule has 3 rings (SSSR count). The second kappa shape index (κ2) is 12.9. The van der Waals surface area contributed by atoms with Crippen molar-refractivity contribution in [3.8, 4) is 0 Å². The van der Waals surface area contributed by atoms with Crippen LogP contribution in [-0.2, 0) is 16.0 Å². The summed E-state index contributed by atoms with van der Waals surface area (Å²) in [6.07, 6.45) is 7.67. The predicted molar refractivity (Wildman–Crippen MR) is 124 cm³/mol. The van der Waals surface area contributed by atoms with E-state index < -0.39 is 6.04 Å². The number of carbonyl (C=O) groups is 2. The Morgan fingerprint density at radius 3 is 2.50 bits per heavy atom. The van der Waals surface area contributed by atoms with Crippen LogP contribution in [0.2, 0.25) is 0 Å². The first-order valence-electron chi connectivity index (χ1n) is 11.5. The zero-order chi connectivity index (χ0) is 22.6. The van der Waals surface area contributed by atoms with Gasteiger partial charge in [0.05, 0.1) is 12.2 Å². The summed E-state index contributed by atoms with van der Waals surface area (Å²) in [5.74, 6) is 0.273. The molecule has 0 aliphatic carbocycles. The van der Waals surface area contributed by atoms with E-state index >= 15 is 0 Å². The minimum atomic E-state index is -0.467. The second-order valence-corrected chi connectivity index (χ2v) is 8.11. The summed E-state index contributed by atoms with van der Waals surface area (Å²) in [4.78, 5) is 29.0. The summed E-state index contributed by atoms with van der Waals surface area (Å²) in [7, 11) is 0. The smallest absolute Gasteiger partial charge is 0.338 e. The Labute approximate surface area is 190 Å². The number of aromatic nitrogens is 1. The molecule has 0 radical (unpaired) electrons. The average Bonchev–Trinajstić information content (AvgIpc) is 2.83. The van der Waals surface area contributed by atoms with E-state index in [2.05, 4.69) is 20.9 Å². The first-order chi connectivity index (χ1) is 15.7. The molecule has 32 heavy (non-hydrogen) atoms. The SMILES string of the molecule is CCOC(=O)c1ccc(C(NCCC2CCNCC2)C(=O)NCCc2ccncc2)cc1. The van der Waals surface area contributed by atoms with Gasteiger partial charge in [0.15, 0.2) is 0 Å². The van der Waals surface area contributed by atoms with Gasteiger partial charge in [-0.1, -0.05) is 12.1 Å². The number of nitrogens with one attached hydrogen (secondary N) is 3. The van der Waals surface area contributed by atoms with E-state index in [1.807, 2.05) is 24.3 Å². The number of rotatable bonds is 11. The van der Waals surface area contributed by atoms with Crippen molar-refractivity contribution in [2.45, 2.75) is 38.6 Å². The number of carbonyl (C=O) groups excluding carboxylic acids is 2. The van der Waals surface area contributed by atoms with Crippen LogP contribution in [0.3, 0.4) is 0 Å². The highest BCUT2D eigenvalue weighted by atomic mass is 16.5. The number of hydrogen-bond acceptors (Lipinski definition) is 6. The molecule has 0 bridgehead atoms. The Hall–Kier alpha value is -2.77. The van der Waals surface area contributed by atoms with Crippen LogP contribution < -0.4 is 16.0 Å². The van der Waals surface area contributed by atoms with Gasteiger partial charge >= 0.3 is 5.97 Å². The number of esters is 1. The fraction of sp³-hybridized carbons (Fsp3) is 0.480. The molecule has 1 amide bonds. The van der Waals surface area contributed by atoms with E-state index in [1.165, 1.54) is 12.8 Å². The van der Waals surface area contributed by atoms with Gasteiger partial charge in [-0.25, -0.2) is 4.79 Å². The summed E-state index contributed by atoms with van der Waals surface area (Å²) >= 11 is 0. The molecule has 1 aliphatic heterocycles. The largest absolute Gasteiger partial charge is 0.462 e. The molecule has 1 aromatic carbocycles. The molecule has 7 heteroatoms. The highest BCUT2D eigenvalue weighted by molar-refractivity contribution is 5.90. The number of benzene rings is 1. The van der Waals surface area contributed by atoms with Crippen LogP contribution in [0.4, 0.5) is 0 Å². The third-order valence-electron chi connectivity index (χ3n) is 5.84. The van der Waals surface area contributed by atoms with Crippen molar-refractivity contribution in [2.24, 2.45) is 5.92 Å². The summed E-state index contributed by atoms with van der Waals surface area (Å²) in [6.45, 7) is 5.58. The minimum Gasteiger partial charge on any atom is -0.462 e. The maximum atomic E-state index is 13.0. The molecule has 0 spiro atoms. The van der Waals surface area contributed by atoms with Gasteiger partial charge in [-0.15, -0.1) is 0 Å². The van der Waals surface area contributed by atoms with Gasteiger partial charge in [-0.05, 0) is 93.6 Å². The summed E-state index contributed by atoms with van der Waals surface area (Å²) in [5, 5.41) is 9.89. The molecule has 1 atom stereocenters. The molecular weight excluding hydrogens is 404 g/mol. The van der Waals surface area contributed by atoms with E-state index in [-0.39, 0.29) is 11.9 Å². The minimum absolute atomic E-state index is 0.0618. The zero-order valence-corrected chi connectivity index (χ0v) is 18.8. The van der Waals surface area contributed by atoms with Crippen LogP contribution in [0.1, 0.15) is 53.7 Å². The zero-order valence-electron chi connectivity index (χ0n) is 18.8. The van der Waals surface area contributed by atoms with E-state index in [1.54, 1.807) is 31.5 Å². The highest BCUT2D eigenvalue weighted by Gasteiger charge is 2.21. The Morgan fingerprint density at radius 1 is 1.09 bits per heavy atom. The van der Waals surface area contributed by atoms with Gasteiger partial charge in [0.2, 0.25) is 5.91 Å². The Balaban J connectivity index is 1.61. The molecule has 2 aromatic rings. The number of piperidine rings is 1. The summed E-state index contributed by atoms with van der Waals surface area (Å²) in [6, 6.07) is 10.5. The molecule has 1 aliphatic rings. The molecule has 1 saturated heterocycles. The molecule has 1 aromatic heterocycles. The second-order valence-electron chi connectivity index (χ2n) is 8.11. The van der Waals surface area contributed by atoms with Crippen molar-refractivity contribution < 1.29 is 14.3 Å². The van der Waals surface area contributed by atoms with Crippen LogP contribution in [0.5, 0.6) is 0 Å². The Bertz CT molecular complexity index is 836. The van der Waals surface area contributed by atoms with Crippen LogP contribution in [0.25, 0.3) is 0 Å². The number of hydrogen-bond donors (Lipinski definition) is 3. The molecule has 3 N–H and O–H groups in total. The van der Waals surface area contributed by atoms with Crippen molar-refractivity contribution in [1.82, 2.24) is 20.9 Å². The number of amides is 1. The maximum Gasteiger partial charge on any atom is 0.338 e. The Morgan fingerprint density at radius 2 is 1.81 bits per heavy atom. The summed E-state index contributed by atoms with van der Waals surface area (Å²) in [5.41, 5.74) is 2.46. The van der Waals surface area contributed by atoms with E-state index in [0.29, 0.717) is 24.6 Å². The van der Waals surface area contributed by atoms with Crippen molar-refractivity contribution in [2.75, 3.05) is 32.8 Å². The Kier molecular flexibility index (Phi) is 9.65. The lowest BCUT2D eigenvalue weighted by atomic mass is 9.94. The number of nitrogens with zero attached hydrogens (tertiary/aromatic N) is 1. The van der Waals surface area contributed by atoms with Gasteiger partial charge in [0.1, 0.15) is 6.04 Å². The van der Waals surface area contributed by atoms with Crippen molar-refractivity contribution in [3.63, 3.8) is 0 Å². The molecule has 7 nitrogen and oxygen atoms in total. The lowest BCUT2D eigenvalue weighted by molar-refractivity contribution is -0.123. The number of pyridine rings is 1. The van der Waals surface area contributed by atoms with Gasteiger partial charge in [0.25, 0.3) is 0 Å². The van der Waals surface area contributed by atoms with Gasteiger partial charge in [-0.3, -0.25) is 9.78 Å². The van der Waals surface area contributed by atoms with Gasteiger partial charge in [0, 0.05) is 18.9 Å². The predicted octanol–water partition coefficient (Wildman–Crippen LogP) is 2.64. The molecule has 2 heterocycles. The topological polar surface area (TPSA) is 92.4 Å². The van der Waals surface area contributed by atoms with Crippen molar-refractivity contribution >= 4 is 11.9 Å². The fourth-order valence-corrected chi connectivity index (χ4v) is 3.97. The first-order valence-corrected chi connectivity index (χ1v) is 11.5. The molecule has 0 saturated carbocycles. The van der Waals surface area contributed by atoms with Crippen molar-refractivity contribution in [3.05, 3.63) is 65.5 Å². The van der Waals surface area contributed by atoms with E-state index in [4.69, 9.17) is 4.74 Å². The molecule has 1 fully saturated rings. The van der Waals surface area contributed by atoms with Gasteiger partial charge < -0.3 is 20.7 Å². The average molecular weight is 439 g/mol. The standard InChI is InChI=1S/C25H34N4O3/c1-2-32-25(31)22-5-3-21(4-6-22)23(28-17-11-19-7-13-26-14-8-19)24(30)29-18-12-20-9-15-27-16-10-20/h3-6,9-10,15-16,19,23,26,28H,2,7-8,11-14,17-18H2,1H3,(H,29,30). The highest BCUT2D eigenvalue weighted by Crippen LogP contribution is 2.18. The van der Waals surface area contributed by atoms with Crippen molar-refractivity contribution in [1.29, 1.82) is 0 Å². The van der Waals surface area contributed by atoms with Crippen LogP contribution in [0.15, 0.2) is 48.8 Å². The molecular formula is C25H34N4O3. The quantitative estimate of drug-likeness (QED) is 0.467. The van der Waals surface area contributed by atoms with Gasteiger partial charge in [-0.2, -0.15) is 0 Å². The molecule has 1 unspecified atom stereocenters. The maximum absolute atomic E-state index is 13.0. The van der Waals surface area contributed by atoms with E-state index in [0.717, 1.165) is 43.6 Å². The fourth-order valence-electron chi connectivity index (χ4n) is 3.97. The molecule has 172 valence electrons. The van der Waals surface area contributed by atoms with E-state index in [9.17, 15) is 9.59 Å². The third-order valence-corrected chi connectivity index (χ3v) is 5.84. The lowest BCUT2D eigenvalue weighted by Crippen LogP contribution is -2.39. The van der Waals surface area contributed by atoms with Crippen LogP contribution in [0, 0.1) is 5.92 Å². The third kappa shape index (κ3) is 7.43. The van der Waals surface area contributed by atoms with Crippen LogP contribution in [-0.4, -0.2) is 49.6 Å². The summed E-state index contributed by atoms with van der Waals surface area (Å²) < 4.78 is 5.06.